The first-order valence-electron chi connectivity index (χ1n) is 7.08. The topological polar surface area (TPSA) is 58.4 Å². The van der Waals surface area contributed by atoms with E-state index in [0.29, 0.717) is 6.54 Å². The van der Waals surface area contributed by atoms with Gasteiger partial charge in [-0.05, 0) is 33.4 Å². The second-order valence-corrected chi connectivity index (χ2v) is 6.14. The van der Waals surface area contributed by atoms with Crippen LogP contribution in [0.15, 0.2) is 30.3 Å². The molecule has 0 saturated heterocycles. The number of likely N-dealkylation sites (N-methyl/N-ethyl adjacent to an activating group) is 1. The van der Waals surface area contributed by atoms with Gasteiger partial charge in [0.2, 0.25) is 5.91 Å². The van der Waals surface area contributed by atoms with E-state index in [0.717, 1.165) is 13.1 Å². The number of carbonyl (C=O) groups excluding carboxylic acids is 1. The Morgan fingerprint density at radius 3 is 2.43 bits per heavy atom. The summed E-state index contributed by atoms with van der Waals surface area (Å²) in [6.07, 6.45) is 0. The molecule has 21 heavy (non-hydrogen) atoms. The quantitative estimate of drug-likeness (QED) is 0.810. The second kappa shape index (κ2) is 9.03. The molecule has 3 N–H and O–H groups in total. The molecule has 120 valence electrons. The van der Waals surface area contributed by atoms with Gasteiger partial charge in [0, 0.05) is 25.7 Å². The van der Waals surface area contributed by atoms with Crippen molar-refractivity contribution in [1.29, 1.82) is 0 Å². The maximum absolute atomic E-state index is 12.0. The van der Waals surface area contributed by atoms with Gasteiger partial charge < -0.3 is 16.0 Å². The number of benzene rings is 1. The van der Waals surface area contributed by atoms with Gasteiger partial charge >= 0.3 is 0 Å². The monoisotopic (exact) mass is 313 g/mol. The van der Waals surface area contributed by atoms with Crippen LogP contribution in [0.4, 0.5) is 0 Å². The fraction of sp³-hybridized carbons (Fsp3) is 0.562. The highest BCUT2D eigenvalue weighted by Gasteiger charge is 2.26. The molecule has 0 aliphatic heterocycles. The summed E-state index contributed by atoms with van der Waals surface area (Å²) in [7, 11) is 2.06. The first-order chi connectivity index (χ1) is 9.35. The molecule has 0 aliphatic carbocycles. The fourth-order valence-electron chi connectivity index (χ4n) is 1.98. The molecule has 1 rings (SSSR count). The van der Waals surface area contributed by atoms with E-state index in [4.69, 9.17) is 5.73 Å². The minimum atomic E-state index is -0.508. The number of nitrogens with one attached hydrogen (secondary N) is 1. The van der Waals surface area contributed by atoms with E-state index < -0.39 is 5.41 Å². The van der Waals surface area contributed by atoms with Crippen LogP contribution in [0.3, 0.4) is 0 Å². The zero-order valence-electron chi connectivity index (χ0n) is 13.4. The number of carbonyl (C=O) groups is 1. The van der Waals surface area contributed by atoms with Gasteiger partial charge in [0.05, 0.1) is 5.41 Å². The minimum Gasteiger partial charge on any atom is -0.352 e. The summed E-state index contributed by atoms with van der Waals surface area (Å²) in [5.74, 6) is 0.0145. The Balaban J connectivity index is 0.00000400. The number of amides is 1. The fourth-order valence-corrected chi connectivity index (χ4v) is 1.98. The van der Waals surface area contributed by atoms with E-state index in [1.807, 2.05) is 39.0 Å². The molecule has 5 heteroatoms. The molecular weight excluding hydrogens is 286 g/mol. The van der Waals surface area contributed by atoms with Crippen LogP contribution in [-0.4, -0.2) is 37.0 Å². The van der Waals surface area contributed by atoms with E-state index in [1.54, 1.807) is 0 Å². The van der Waals surface area contributed by atoms with E-state index in [9.17, 15) is 4.79 Å². The Bertz CT molecular complexity index is 423. The molecule has 1 unspecified atom stereocenters. The Hall–Kier alpha value is -1.10. The SMILES string of the molecule is CC(CN(C)Cc1ccccc1)NC(=O)C(C)(C)CN.Cl. The minimum absolute atomic E-state index is 0. The molecule has 0 aromatic heterocycles. The van der Waals surface area contributed by atoms with Crippen LogP contribution >= 0.6 is 12.4 Å². The Kier molecular flexibility index (Phi) is 8.55. The molecule has 0 bridgehead atoms. The van der Waals surface area contributed by atoms with E-state index in [1.165, 1.54) is 5.56 Å². The van der Waals surface area contributed by atoms with Gasteiger partial charge in [-0.2, -0.15) is 0 Å². The molecule has 0 aliphatic rings. The lowest BCUT2D eigenvalue weighted by molar-refractivity contribution is -0.129. The summed E-state index contributed by atoms with van der Waals surface area (Å²) in [5, 5.41) is 3.03. The van der Waals surface area contributed by atoms with Crippen molar-refractivity contribution in [2.45, 2.75) is 33.4 Å². The maximum atomic E-state index is 12.0. The molecular formula is C16H28ClN3O. The zero-order chi connectivity index (χ0) is 15.2. The molecule has 1 amide bonds. The van der Waals surface area contributed by atoms with Crippen molar-refractivity contribution in [1.82, 2.24) is 10.2 Å². The summed E-state index contributed by atoms with van der Waals surface area (Å²) in [6, 6.07) is 10.4. The molecule has 0 radical (unpaired) electrons. The summed E-state index contributed by atoms with van der Waals surface area (Å²) in [4.78, 5) is 14.2. The van der Waals surface area contributed by atoms with Crippen LogP contribution in [0.2, 0.25) is 0 Å². The number of hydrogen-bond donors (Lipinski definition) is 2. The first-order valence-corrected chi connectivity index (χ1v) is 7.08. The molecule has 1 aromatic rings. The van der Waals surface area contributed by atoms with Gasteiger partial charge in [0.1, 0.15) is 0 Å². The predicted molar refractivity (Wildman–Crippen MR) is 90.5 cm³/mol. The van der Waals surface area contributed by atoms with Crippen molar-refractivity contribution < 1.29 is 4.79 Å². The van der Waals surface area contributed by atoms with Gasteiger partial charge in [0.25, 0.3) is 0 Å². The molecule has 1 atom stereocenters. The lowest BCUT2D eigenvalue weighted by atomic mass is 9.92. The van der Waals surface area contributed by atoms with Gasteiger partial charge in [-0.25, -0.2) is 0 Å². The number of halogens is 1. The van der Waals surface area contributed by atoms with Crippen LogP contribution in [0, 0.1) is 5.41 Å². The Morgan fingerprint density at radius 1 is 1.33 bits per heavy atom. The van der Waals surface area contributed by atoms with Crippen molar-refractivity contribution in [2.75, 3.05) is 20.1 Å². The van der Waals surface area contributed by atoms with Gasteiger partial charge in [-0.15, -0.1) is 12.4 Å². The number of rotatable bonds is 7. The largest absolute Gasteiger partial charge is 0.352 e. The summed E-state index contributed by atoms with van der Waals surface area (Å²) >= 11 is 0. The van der Waals surface area contributed by atoms with Crippen molar-refractivity contribution >= 4 is 18.3 Å². The molecule has 0 spiro atoms. The molecule has 0 fully saturated rings. The van der Waals surface area contributed by atoms with E-state index in [2.05, 4.69) is 29.4 Å². The average molecular weight is 314 g/mol. The van der Waals surface area contributed by atoms with Crippen molar-refractivity contribution in [3.8, 4) is 0 Å². The van der Waals surface area contributed by atoms with Crippen molar-refractivity contribution in [2.24, 2.45) is 11.1 Å². The summed E-state index contributed by atoms with van der Waals surface area (Å²) in [5.41, 5.74) is 6.38. The zero-order valence-corrected chi connectivity index (χ0v) is 14.2. The summed E-state index contributed by atoms with van der Waals surface area (Å²) < 4.78 is 0. The average Bonchev–Trinajstić information content (AvgIpc) is 2.39. The number of nitrogens with zero attached hydrogens (tertiary/aromatic N) is 1. The highest BCUT2D eigenvalue weighted by molar-refractivity contribution is 5.85. The lowest BCUT2D eigenvalue weighted by Gasteiger charge is -2.27. The Labute approximate surface area is 134 Å². The predicted octanol–water partition coefficient (Wildman–Crippen LogP) is 2.03. The van der Waals surface area contributed by atoms with Gasteiger partial charge in [-0.3, -0.25) is 4.79 Å². The molecule has 0 heterocycles. The van der Waals surface area contributed by atoms with Crippen LogP contribution in [0.1, 0.15) is 26.3 Å². The second-order valence-electron chi connectivity index (χ2n) is 6.14. The molecule has 0 saturated carbocycles. The highest BCUT2D eigenvalue weighted by atomic mass is 35.5. The lowest BCUT2D eigenvalue weighted by Crippen LogP contribution is -2.48. The third-order valence-corrected chi connectivity index (χ3v) is 3.38. The maximum Gasteiger partial charge on any atom is 0.227 e. The molecule has 4 nitrogen and oxygen atoms in total. The van der Waals surface area contributed by atoms with Gasteiger partial charge in [0.15, 0.2) is 0 Å². The first kappa shape index (κ1) is 19.9. The number of hydrogen-bond acceptors (Lipinski definition) is 3. The van der Waals surface area contributed by atoms with Crippen LogP contribution in [-0.2, 0) is 11.3 Å². The summed E-state index contributed by atoms with van der Waals surface area (Å²) in [6.45, 7) is 7.78. The number of nitrogens with two attached hydrogens (primary N) is 1. The highest BCUT2D eigenvalue weighted by Crippen LogP contribution is 2.12. The van der Waals surface area contributed by atoms with Crippen molar-refractivity contribution in [3.63, 3.8) is 0 Å². The van der Waals surface area contributed by atoms with Crippen LogP contribution in [0.5, 0.6) is 0 Å². The third-order valence-electron chi connectivity index (χ3n) is 3.38. The Morgan fingerprint density at radius 2 is 1.90 bits per heavy atom. The standard InChI is InChI=1S/C16H27N3O.ClH/c1-13(18-15(20)16(2,3)12-17)10-19(4)11-14-8-6-5-7-9-14;/h5-9,13H,10-12,17H2,1-4H3,(H,18,20);1H. The van der Waals surface area contributed by atoms with Crippen LogP contribution < -0.4 is 11.1 Å². The molecule has 1 aromatic carbocycles. The van der Waals surface area contributed by atoms with E-state index >= 15 is 0 Å². The van der Waals surface area contributed by atoms with Gasteiger partial charge in [-0.1, -0.05) is 30.3 Å². The van der Waals surface area contributed by atoms with E-state index in [-0.39, 0.29) is 24.4 Å². The smallest absolute Gasteiger partial charge is 0.227 e. The third kappa shape index (κ3) is 6.93. The normalized spacial score (nSPS) is 12.7. The van der Waals surface area contributed by atoms with Crippen LogP contribution in [0.25, 0.3) is 0 Å². The van der Waals surface area contributed by atoms with Crippen molar-refractivity contribution in [3.05, 3.63) is 35.9 Å².